The van der Waals surface area contributed by atoms with Gasteiger partial charge in [0.1, 0.15) is 5.82 Å². The maximum absolute atomic E-state index is 12.0. The van der Waals surface area contributed by atoms with Gasteiger partial charge in [-0.15, -0.1) is 0 Å². The summed E-state index contributed by atoms with van der Waals surface area (Å²) in [4.78, 5) is 27.1. The van der Waals surface area contributed by atoms with Gasteiger partial charge in [0.05, 0.1) is 0 Å². The molecule has 2 N–H and O–H groups in total. The number of nitrogen functional groups attached to an aromatic ring is 1. The van der Waals surface area contributed by atoms with Crippen LogP contribution in [-0.2, 0) is 0 Å². The maximum atomic E-state index is 12.0. The number of hydrogen-bond donors (Lipinski definition) is 1. The largest absolute Gasteiger partial charge is 0.383 e. The lowest BCUT2D eigenvalue weighted by molar-refractivity contribution is 0.0893. The topological polar surface area (TPSA) is 78.0 Å². The highest BCUT2D eigenvalue weighted by molar-refractivity contribution is 5.78. The van der Waals surface area contributed by atoms with E-state index in [4.69, 9.17) is 5.73 Å². The molecule has 0 spiro atoms. The van der Waals surface area contributed by atoms with Gasteiger partial charge in [-0.2, -0.15) is 4.98 Å². The van der Waals surface area contributed by atoms with Gasteiger partial charge in [-0.25, -0.2) is 9.36 Å². The second-order valence-electron chi connectivity index (χ2n) is 6.53. The van der Waals surface area contributed by atoms with Crippen molar-refractivity contribution in [1.29, 1.82) is 0 Å². The van der Waals surface area contributed by atoms with Crippen molar-refractivity contribution in [1.82, 2.24) is 9.55 Å². The quantitative estimate of drug-likeness (QED) is 0.413. The summed E-state index contributed by atoms with van der Waals surface area (Å²) in [5.74, 6) is -0.0624. The Morgan fingerprint density at radius 1 is 1.04 bits per heavy atom. The van der Waals surface area contributed by atoms with E-state index in [0.717, 1.165) is 30.3 Å². The normalized spacial score (nSPS) is 11.2. The first-order valence-electron chi connectivity index (χ1n) is 9.68. The molecule has 1 aromatic heterocycles. The lowest BCUT2D eigenvalue weighted by Gasteiger charge is -2.04. The van der Waals surface area contributed by atoms with Gasteiger partial charge in [-0.3, -0.25) is 4.79 Å². The van der Waals surface area contributed by atoms with Crippen LogP contribution in [0.25, 0.3) is 0 Å². The molecule has 0 fully saturated rings. The first-order valence-corrected chi connectivity index (χ1v) is 9.68. The molecule has 0 bridgehead atoms. The van der Waals surface area contributed by atoms with Crippen molar-refractivity contribution >= 4 is 11.7 Å². The standard InChI is InChI=1S/C20H33N3O2/c1-2-3-4-5-6-7-8-9-10-11-12-13-14-15-19(24)23-17-16-18(21)22-20(23)25/h7-8,16-17H,2-6,9-15H2,1H3,(H2,21,22,25). The molecule has 1 aromatic rings. The predicted octanol–water partition coefficient (Wildman–Crippen LogP) is 4.72. The van der Waals surface area contributed by atoms with E-state index in [1.807, 2.05) is 0 Å². The number of rotatable bonds is 13. The van der Waals surface area contributed by atoms with E-state index < -0.39 is 5.69 Å². The Bertz CT molecular complexity index is 579. The summed E-state index contributed by atoms with van der Waals surface area (Å²) in [5.41, 5.74) is 4.82. The van der Waals surface area contributed by atoms with E-state index >= 15 is 0 Å². The van der Waals surface area contributed by atoms with Gasteiger partial charge in [0.25, 0.3) is 0 Å². The van der Waals surface area contributed by atoms with Gasteiger partial charge < -0.3 is 5.73 Å². The monoisotopic (exact) mass is 347 g/mol. The minimum Gasteiger partial charge on any atom is -0.383 e. The molecule has 1 heterocycles. The molecular weight excluding hydrogens is 314 g/mol. The van der Waals surface area contributed by atoms with Crippen LogP contribution in [0.3, 0.4) is 0 Å². The Kier molecular flexibility index (Phi) is 11.3. The Morgan fingerprint density at radius 2 is 1.64 bits per heavy atom. The van der Waals surface area contributed by atoms with Crippen molar-refractivity contribution in [2.75, 3.05) is 5.73 Å². The number of anilines is 1. The highest BCUT2D eigenvalue weighted by Gasteiger charge is 2.07. The average molecular weight is 348 g/mol. The second-order valence-corrected chi connectivity index (χ2v) is 6.53. The Hall–Kier alpha value is -1.91. The number of nitrogens with two attached hydrogens (primary N) is 1. The van der Waals surface area contributed by atoms with E-state index in [-0.39, 0.29) is 11.7 Å². The minimum absolute atomic E-state index is 0.143. The molecule has 0 atom stereocenters. The zero-order valence-corrected chi connectivity index (χ0v) is 15.6. The zero-order valence-electron chi connectivity index (χ0n) is 15.6. The fraction of sp³-hybridized carbons (Fsp3) is 0.650. The summed E-state index contributed by atoms with van der Waals surface area (Å²) in [5, 5.41) is 0. The SMILES string of the molecule is CCCCCCC=CCCCCCCCC(=O)n1ccc(N)nc1=O. The third-order valence-corrected chi connectivity index (χ3v) is 4.25. The smallest absolute Gasteiger partial charge is 0.356 e. The van der Waals surface area contributed by atoms with E-state index in [9.17, 15) is 9.59 Å². The Balaban J connectivity index is 2.00. The number of carbonyl (C=O) groups excluding carboxylic acids is 1. The molecule has 0 radical (unpaired) electrons. The third kappa shape index (κ3) is 9.85. The summed E-state index contributed by atoms with van der Waals surface area (Å²) < 4.78 is 1.04. The van der Waals surface area contributed by atoms with Crippen LogP contribution in [0, 0.1) is 0 Å². The van der Waals surface area contributed by atoms with E-state index in [1.165, 1.54) is 57.2 Å². The minimum atomic E-state index is -0.591. The lowest BCUT2D eigenvalue weighted by atomic mass is 10.1. The summed E-state index contributed by atoms with van der Waals surface area (Å²) in [7, 11) is 0. The first kappa shape index (κ1) is 21.1. The fourth-order valence-corrected chi connectivity index (χ4v) is 2.72. The molecular formula is C20H33N3O2. The van der Waals surface area contributed by atoms with Gasteiger partial charge >= 0.3 is 5.69 Å². The number of hydrogen-bond acceptors (Lipinski definition) is 4. The van der Waals surface area contributed by atoms with E-state index in [2.05, 4.69) is 24.1 Å². The summed E-state index contributed by atoms with van der Waals surface area (Å²) in [6.07, 6.45) is 19.4. The van der Waals surface area contributed by atoms with Gasteiger partial charge in [0, 0.05) is 12.6 Å². The maximum Gasteiger partial charge on any atom is 0.356 e. The predicted molar refractivity (Wildman–Crippen MR) is 104 cm³/mol. The molecule has 0 aromatic carbocycles. The number of aromatic nitrogens is 2. The molecule has 25 heavy (non-hydrogen) atoms. The first-order chi connectivity index (χ1) is 12.1. The van der Waals surface area contributed by atoms with Crippen LogP contribution in [0.2, 0.25) is 0 Å². The van der Waals surface area contributed by atoms with Crippen molar-refractivity contribution in [3.63, 3.8) is 0 Å². The second kappa shape index (κ2) is 13.4. The molecule has 0 aliphatic carbocycles. The lowest BCUT2D eigenvalue weighted by Crippen LogP contribution is -2.28. The Morgan fingerprint density at radius 3 is 2.28 bits per heavy atom. The molecule has 0 saturated heterocycles. The zero-order chi connectivity index (χ0) is 18.3. The van der Waals surface area contributed by atoms with Crippen LogP contribution in [0.15, 0.2) is 29.2 Å². The third-order valence-electron chi connectivity index (χ3n) is 4.25. The molecule has 5 nitrogen and oxygen atoms in total. The molecule has 0 unspecified atom stereocenters. The molecule has 0 amide bonds. The number of nitrogens with zero attached hydrogens (tertiary/aromatic N) is 2. The number of allylic oxidation sites excluding steroid dienone is 2. The van der Waals surface area contributed by atoms with E-state index in [1.54, 1.807) is 0 Å². The van der Waals surface area contributed by atoms with E-state index in [0.29, 0.717) is 6.42 Å². The van der Waals surface area contributed by atoms with Crippen molar-refractivity contribution in [2.45, 2.75) is 84.0 Å². The van der Waals surface area contributed by atoms with Gasteiger partial charge in [0.2, 0.25) is 5.91 Å². The highest BCUT2D eigenvalue weighted by atomic mass is 16.2. The van der Waals surface area contributed by atoms with Crippen LogP contribution in [0.4, 0.5) is 5.82 Å². The average Bonchev–Trinajstić information content (AvgIpc) is 2.58. The van der Waals surface area contributed by atoms with Crippen molar-refractivity contribution in [2.24, 2.45) is 0 Å². The van der Waals surface area contributed by atoms with Crippen molar-refractivity contribution < 1.29 is 4.79 Å². The Labute approximate surface area is 151 Å². The van der Waals surface area contributed by atoms with Crippen LogP contribution < -0.4 is 11.4 Å². The highest BCUT2D eigenvalue weighted by Crippen LogP contribution is 2.09. The molecule has 0 aliphatic rings. The van der Waals surface area contributed by atoms with Crippen molar-refractivity contribution in [3.05, 3.63) is 34.9 Å². The number of carbonyl (C=O) groups is 1. The fourth-order valence-electron chi connectivity index (χ4n) is 2.72. The van der Waals surface area contributed by atoms with Crippen LogP contribution in [0.1, 0.15) is 88.8 Å². The van der Waals surface area contributed by atoms with Gasteiger partial charge in [-0.05, 0) is 38.2 Å². The van der Waals surface area contributed by atoms with Crippen molar-refractivity contribution in [3.8, 4) is 0 Å². The van der Waals surface area contributed by atoms with Gasteiger partial charge in [-0.1, -0.05) is 57.6 Å². The van der Waals surface area contributed by atoms with Gasteiger partial charge in [0.15, 0.2) is 0 Å². The van der Waals surface area contributed by atoms with Crippen LogP contribution in [-0.4, -0.2) is 15.5 Å². The summed E-state index contributed by atoms with van der Waals surface area (Å²) >= 11 is 0. The summed E-state index contributed by atoms with van der Waals surface area (Å²) in [6.45, 7) is 2.24. The molecule has 0 saturated carbocycles. The van der Waals surface area contributed by atoms with Crippen LogP contribution >= 0.6 is 0 Å². The molecule has 0 aliphatic heterocycles. The molecule has 140 valence electrons. The molecule has 1 rings (SSSR count). The molecule has 5 heteroatoms. The summed E-state index contributed by atoms with van der Waals surface area (Å²) in [6, 6.07) is 1.47. The number of unbranched alkanes of at least 4 members (excludes halogenated alkanes) is 9. The van der Waals surface area contributed by atoms with Crippen LogP contribution in [0.5, 0.6) is 0 Å².